The Bertz CT molecular complexity index is 925. The van der Waals surface area contributed by atoms with Crippen LogP contribution in [0.4, 0.5) is 8.78 Å². The van der Waals surface area contributed by atoms with Gasteiger partial charge in [-0.05, 0) is 67.6 Å². The molecule has 0 atom stereocenters. The van der Waals surface area contributed by atoms with Crippen molar-refractivity contribution in [3.63, 3.8) is 0 Å². The van der Waals surface area contributed by atoms with Crippen LogP contribution in [0.1, 0.15) is 29.6 Å². The van der Waals surface area contributed by atoms with Gasteiger partial charge in [0.15, 0.2) is 0 Å². The highest BCUT2D eigenvalue weighted by molar-refractivity contribution is 7.89. The van der Waals surface area contributed by atoms with Crippen LogP contribution >= 0.6 is 0 Å². The second-order valence-electron chi connectivity index (χ2n) is 6.89. The molecule has 0 aromatic heterocycles. The summed E-state index contributed by atoms with van der Waals surface area (Å²) in [5.41, 5.74) is 0.461. The number of nitrogens with one attached hydrogen (secondary N) is 1. The van der Waals surface area contributed by atoms with Crippen LogP contribution in [0.15, 0.2) is 53.4 Å². The first-order valence-corrected chi connectivity index (χ1v) is 10.6. The summed E-state index contributed by atoms with van der Waals surface area (Å²) < 4.78 is 53.1. The van der Waals surface area contributed by atoms with Crippen molar-refractivity contribution in [1.29, 1.82) is 0 Å². The summed E-state index contributed by atoms with van der Waals surface area (Å²) in [6.45, 7) is 1.42. The third kappa shape index (κ3) is 5.14. The molecule has 2 aromatic rings. The van der Waals surface area contributed by atoms with E-state index >= 15 is 0 Å². The molecule has 1 N–H and O–H groups in total. The van der Waals surface area contributed by atoms with Gasteiger partial charge < -0.3 is 4.90 Å². The third-order valence-electron chi connectivity index (χ3n) is 4.94. The Hall–Kier alpha value is -2.32. The maximum atomic E-state index is 13.2. The van der Waals surface area contributed by atoms with Gasteiger partial charge in [0, 0.05) is 25.2 Å². The van der Waals surface area contributed by atoms with E-state index in [1.807, 2.05) is 0 Å². The molecule has 1 saturated heterocycles. The predicted molar refractivity (Wildman–Crippen MR) is 101 cm³/mol. The smallest absolute Gasteiger partial charge is 0.253 e. The van der Waals surface area contributed by atoms with Crippen LogP contribution in [-0.2, 0) is 10.0 Å². The van der Waals surface area contributed by atoms with Gasteiger partial charge in [-0.3, -0.25) is 4.79 Å². The number of benzene rings is 2. The summed E-state index contributed by atoms with van der Waals surface area (Å²) in [7, 11) is -3.73. The van der Waals surface area contributed by atoms with Crippen molar-refractivity contribution >= 4 is 15.9 Å². The van der Waals surface area contributed by atoms with Gasteiger partial charge >= 0.3 is 0 Å². The molecule has 1 heterocycles. The topological polar surface area (TPSA) is 66.5 Å². The Labute approximate surface area is 163 Å². The van der Waals surface area contributed by atoms with Gasteiger partial charge in [-0.25, -0.2) is 21.9 Å². The maximum absolute atomic E-state index is 13.2. The standard InChI is InChI=1S/C20H22F2N2O3S/c21-17-6-4-16(5-7-17)20(25)24-12-9-15(10-13-24)8-11-23-28(26,27)19-3-1-2-18(22)14-19/h1-7,14-15,23H,8-13H2. The Morgan fingerprint density at radius 1 is 1.04 bits per heavy atom. The van der Waals surface area contributed by atoms with Crippen LogP contribution in [0.2, 0.25) is 0 Å². The lowest BCUT2D eigenvalue weighted by atomic mass is 9.93. The molecule has 0 unspecified atom stereocenters. The Balaban J connectivity index is 1.46. The molecule has 1 amide bonds. The van der Waals surface area contributed by atoms with Crippen LogP contribution < -0.4 is 4.72 Å². The van der Waals surface area contributed by atoms with Crippen LogP contribution in [-0.4, -0.2) is 38.9 Å². The number of nitrogens with zero attached hydrogens (tertiary/aromatic N) is 1. The molecule has 0 saturated carbocycles. The summed E-state index contributed by atoms with van der Waals surface area (Å²) in [5.74, 6) is -0.797. The fourth-order valence-corrected chi connectivity index (χ4v) is 4.39. The summed E-state index contributed by atoms with van der Waals surface area (Å²) >= 11 is 0. The highest BCUT2D eigenvalue weighted by atomic mass is 32.2. The number of likely N-dealkylation sites (tertiary alicyclic amines) is 1. The fourth-order valence-electron chi connectivity index (χ4n) is 3.31. The van der Waals surface area contributed by atoms with Gasteiger partial charge in [0.1, 0.15) is 11.6 Å². The van der Waals surface area contributed by atoms with Crippen molar-refractivity contribution in [2.45, 2.75) is 24.2 Å². The highest BCUT2D eigenvalue weighted by Crippen LogP contribution is 2.22. The van der Waals surface area contributed by atoms with E-state index in [9.17, 15) is 22.0 Å². The normalized spacial score (nSPS) is 15.6. The molecule has 3 rings (SSSR count). The van der Waals surface area contributed by atoms with E-state index in [0.29, 0.717) is 31.0 Å². The van der Waals surface area contributed by atoms with E-state index in [0.717, 1.165) is 18.9 Å². The number of halogens is 2. The van der Waals surface area contributed by atoms with Crippen LogP contribution in [0.3, 0.4) is 0 Å². The van der Waals surface area contributed by atoms with Gasteiger partial charge in [-0.15, -0.1) is 0 Å². The number of carbonyl (C=O) groups excluding carboxylic acids is 1. The maximum Gasteiger partial charge on any atom is 0.253 e. The summed E-state index contributed by atoms with van der Waals surface area (Å²) in [6.07, 6.45) is 2.19. The minimum atomic E-state index is -3.73. The average molecular weight is 408 g/mol. The zero-order chi connectivity index (χ0) is 20.1. The Morgan fingerprint density at radius 2 is 1.71 bits per heavy atom. The van der Waals surface area contributed by atoms with Gasteiger partial charge in [0.25, 0.3) is 5.91 Å². The first kappa shape index (κ1) is 20.4. The molecular formula is C20H22F2N2O3S. The second kappa shape index (κ2) is 8.79. The van der Waals surface area contributed by atoms with E-state index < -0.39 is 15.8 Å². The molecule has 8 heteroatoms. The zero-order valence-corrected chi connectivity index (χ0v) is 16.1. The number of rotatable bonds is 6. The molecule has 2 aromatic carbocycles. The van der Waals surface area contributed by atoms with Gasteiger partial charge in [0.05, 0.1) is 4.90 Å². The van der Waals surface area contributed by atoms with E-state index in [1.165, 1.54) is 42.5 Å². The van der Waals surface area contributed by atoms with Crippen molar-refractivity contribution < 1.29 is 22.0 Å². The first-order chi connectivity index (χ1) is 13.3. The lowest BCUT2D eigenvalue weighted by Gasteiger charge is -2.32. The van der Waals surface area contributed by atoms with Crippen LogP contribution in [0, 0.1) is 17.6 Å². The van der Waals surface area contributed by atoms with Crippen LogP contribution in [0.25, 0.3) is 0 Å². The van der Waals surface area contributed by atoms with Gasteiger partial charge in [0.2, 0.25) is 10.0 Å². The van der Waals surface area contributed by atoms with E-state index in [-0.39, 0.29) is 23.2 Å². The Kier molecular flexibility index (Phi) is 6.41. The highest BCUT2D eigenvalue weighted by Gasteiger charge is 2.24. The molecule has 1 fully saturated rings. The number of amides is 1. The number of sulfonamides is 1. The molecule has 0 bridgehead atoms. The molecule has 5 nitrogen and oxygen atoms in total. The molecule has 0 aliphatic carbocycles. The molecule has 1 aliphatic rings. The van der Waals surface area contributed by atoms with E-state index in [2.05, 4.69) is 4.72 Å². The summed E-state index contributed by atoms with van der Waals surface area (Å²) in [5, 5.41) is 0. The molecular weight excluding hydrogens is 386 g/mol. The van der Waals surface area contributed by atoms with Crippen molar-refractivity contribution in [2.75, 3.05) is 19.6 Å². The third-order valence-corrected chi connectivity index (χ3v) is 6.40. The summed E-state index contributed by atoms with van der Waals surface area (Å²) in [4.78, 5) is 14.1. The minimum Gasteiger partial charge on any atom is -0.339 e. The number of hydrogen-bond donors (Lipinski definition) is 1. The average Bonchev–Trinajstić information content (AvgIpc) is 2.68. The number of piperidine rings is 1. The lowest BCUT2D eigenvalue weighted by Crippen LogP contribution is -2.39. The van der Waals surface area contributed by atoms with Crippen LogP contribution in [0.5, 0.6) is 0 Å². The summed E-state index contributed by atoms with van der Waals surface area (Å²) in [6, 6.07) is 10.4. The SMILES string of the molecule is O=C(c1ccc(F)cc1)N1CCC(CCNS(=O)(=O)c2cccc(F)c2)CC1. The Morgan fingerprint density at radius 3 is 2.36 bits per heavy atom. The van der Waals surface area contributed by atoms with Crippen molar-refractivity contribution in [3.8, 4) is 0 Å². The quantitative estimate of drug-likeness (QED) is 0.798. The monoisotopic (exact) mass is 408 g/mol. The largest absolute Gasteiger partial charge is 0.339 e. The van der Waals surface area contributed by atoms with Gasteiger partial charge in [-0.1, -0.05) is 6.07 Å². The molecule has 1 aliphatic heterocycles. The number of hydrogen-bond acceptors (Lipinski definition) is 3. The fraction of sp³-hybridized carbons (Fsp3) is 0.350. The second-order valence-corrected chi connectivity index (χ2v) is 8.65. The van der Waals surface area contributed by atoms with Gasteiger partial charge in [-0.2, -0.15) is 0 Å². The van der Waals surface area contributed by atoms with E-state index in [1.54, 1.807) is 4.90 Å². The lowest BCUT2D eigenvalue weighted by molar-refractivity contribution is 0.0687. The van der Waals surface area contributed by atoms with Crippen molar-refractivity contribution in [1.82, 2.24) is 9.62 Å². The van der Waals surface area contributed by atoms with Crippen molar-refractivity contribution in [2.24, 2.45) is 5.92 Å². The minimum absolute atomic E-state index is 0.0905. The molecule has 0 spiro atoms. The molecule has 0 radical (unpaired) electrons. The molecule has 150 valence electrons. The van der Waals surface area contributed by atoms with E-state index in [4.69, 9.17) is 0 Å². The predicted octanol–water partition coefficient (Wildman–Crippen LogP) is 3.19. The zero-order valence-electron chi connectivity index (χ0n) is 15.3. The van der Waals surface area contributed by atoms with Crippen molar-refractivity contribution in [3.05, 3.63) is 65.7 Å². The molecule has 28 heavy (non-hydrogen) atoms. The number of carbonyl (C=O) groups is 1. The first-order valence-electron chi connectivity index (χ1n) is 9.15.